The number of rotatable bonds is 12. The number of hydrogen-bond acceptors (Lipinski definition) is 6. The van der Waals surface area contributed by atoms with Crippen LogP contribution in [-0.2, 0) is 18.3 Å². The molecule has 144 valence electrons. The third-order valence-corrected chi connectivity index (χ3v) is 33.8. The Kier molecular flexibility index (Phi) is 10.1. The molecule has 2 unspecified atom stereocenters. The van der Waals surface area contributed by atoms with E-state index in [1.807, 2.05) is 60.7 Å². The second-order valence-electron chi connectivity index (χ2n) is 5.25. The van der Waals surface area contributed by atoms with Gasteiger partial charge in [-0.25, -0.2) is 0 Å². The van der Waals surface area contributed by atoms with Crippen molar-refractivity contribution in [3.8, 4) is 0 Å². The van der Waals surface area contributed by atoms with Gasteiger partial charge in [-0.15, -0.1) is 0 Å². The van der Waals surface area contributed by atoms with E-state index in [0.29, 0.717) is 0 Å². The van der Waals surface area contributed by atoms with Gasteiger partial charge in [-0.1, -0.05) is 0 Å². The van der Waals surface area contributed by atoms with Crippen LogP contribution < -0.4 is 6.25 Å². The van der Waals surface area contributed by atoms with Gasteiger partial charge in [-0.05, 0) is 0 Å². The van der Waals surface area contributed by atoms with Gasteiger partial charge in [0.05, 0.1) is 0 Å². The molecule has 0 aliphatic heterocycles. The molecule has 0 heterocycles. The molecule has 0 aromatic heterocycles. The molecule has 2 aromatic rings. The fourth-order valence-electron chi connectivity index (χ4n) is 2.29. The van der Waals surface area contributed by atoms with Crippen LogP contribution in [0.3, 0.4) is 0 Å². The molecule has 0 spiro atoms. The molecular weight excluding hydrogens is 669 g/mol. The van der Waals surface area contributed by atoms with Gasteiger partial charge in [0.1, 0.15) is 0 Å². The summed E-state index contributed by atoms with van der Waals surface area (Å²) in [6, 6.07) is 18.4. The SMILES string of the molecule is C=CCO[AsH](=O)[O][Pb]([O][AsH](=O)OCC=C)([c]1ccccc1)[c]1ccccc1. The first-order chi connectivity index (χ1) is 13.1. The van der Waals surface area contributed by atoms with Crippen molar-refractivity contribution in [2.75, 3.05) is 13.2 Å². The Morgan fingerprint density at radius 3 is 1.44 bits per heavy atom. The van der Waals surface area contributed by atoms with Gasteiger partial charge in [-0.3, -0.25) is 0 Å². The third kappa shape index (κ3) is 6.75. The molecule has 0 saturated carbocycles. The molecule has 0 radical (unpaired) electrons. The molecule has 0 fully saturated rings. The number of benzene rings is 2. The summed E-state index contributed by atoms with van der Waals surface area (Å²) >= 11 is -11.9. The molecule has 0 aliphatic rings. The predicted molar refractivity (Wildman–Crippen MR) is 108 cm³/mol. The van der Waals surface area contributed by atoms with E-state index in [0.717, 1.165) is 6.25 Å². The van der Waals surface area contributed by atoms with E-state index < -0.39 is 52.6 Å². The van der Waals surface area contributed by atoms with E-state index in [1.54, 1.807) is 0 Å². The Morgan fingerprint density at radius 1 is 0.741 bits per heavy atom. The zero-order valence-corrected chi connectivity index (χ0v) is 22.8. The Balaban J connectivity index is 2.50. The molecule has 2 rings (SSSR count). The number of hydrogen-bond donors (Lipinski definition) is 0. The summed E-state index contributed by atoms with van der Waals surface area (Å²) in [5.74, 6) is 0. The zero-order valence-electron chi connectivity index (χ0n) is 14.7. The summed E-state index contributed by atoms with van der Waals surface area (Å²) < 4.78 is 49.2. The van der Waals surface area contributed by atoms with Gasteiger partial charge in [0, 0.05) is 0 Å². The maximum absolute atomic E-state index is 12.6. The van der Waals surface area contributed by atoms with Crippen molar-refractivity contribution >= 4 is 58.9 Å². The monoisotopic (exact) mass is 692 g/mol. The van der Waals surface area contributed by atoms with Crippen LogP contribution in [0.4, 0.5) is 0 Å². The molecule has 6 nitrogen and oxygen atoms in total. The van der Waals surface area contributed by atoms with Crippen molar-refractivity contribution in [3.05, 3.63) is 86.0 Å². The van der Waals surface area contributed by atoms with Crippen LogP contribution in [0.5, 0.6) is 0 Å². The van der Waals surface area contributed by atoms with Crippen molar-refractivity contribution in [1.82, 2.24) is 0 Å². The van der Waals surface area contributed by atoms with Crippen molar-refractivity contribution in [2.45, 2.75) is 0 Å². The topological polar surface area (TPSA) is 71.1 Å². The molecule has 0 amide bonds. The predicted octanol–water partition coefficient (Wildman–Crippen LogP) is 0.977. The van der Waals surface area contributed by atoms with Gasteiger partial charge in [0.25, 0.3) is 0 Å². The molecule has 2 aromatic carbocycles. The molecular formula is C18H22As2O6Pb. The third-order valence-electron chi connectivity index (χ3n) is 3.40. The van der Waals surface area contributed by atoms with Gasteiger partial charge in [0.2, 0.25) is 0 Å². The van der Waals surface area contributed by atoms with E-state index in [9.17, 15) is 7.48 Å². The van der Waals surface area contributed by atoms with Crippen molar-refractivity contribution < 1.29 is 18.3 Å². The first kappa shape index (κ1) is 22.7. The minimum absolute atomic E-state index is 0.111. The quantitative estimate of drug-likeness (QED) is 0.245. The second-order valence-corrected chi connectivity index (χ2v) is 26.9. The maximum atomic E-state index is 12.6. The molecule has 0 aliphatic carbocycles. The fourth-order valence-corrected chi connectivity index (χ4v) is 38.1. The van der Waals surface area contributed by atoms with E-state index in [1.165, 1.54) is 12.2 Å². The fraction of sp³-hybridized carbons (Fsp3) is 0.111. The molecule has 0 bridgehead atoms. The van der Waals surface area contributed by atoms with Crippen LogP contribution in [0.25, 0.3) is 0 Å². The summed E-state index contributed by atoms with van der Waals surface area (Å²) in [4.78, 5) is 0. The van der Waals surface area contributed by atoms with E-state index in [-0.39, 0.29) is 13.2 Å². The first-order valence-corrected chi connectivity index (χ1v) is 20.4. The molecule has 9 heteroatoms. The first-order valence-electron chi connectivity index (χ1n) is 8.16. The van der Waals surface area contributed by atoms with E-state index in [2.05, 4.69) is 13.2 Å². The molecule has 27 heavy (non-hydrogen) atoms. The summed E-state index contributed by atoms with van der Waals surface area (Å²) in [5, 5.41) is 0. The Labute approximate surface area is 175 Å². The zero-order chi connectivity index (χ0) is 19.5. The Morgan fingerprint density at radius 2 is 1.11 bits per heavy atom. The Bertz CT molecular complexity index is 717. The summed E-state index contributed by atoms with van der Waals surface area (Å²) in [6.07, 6.45) is 3.00. The summed E-state index contributed by atoms with van der Waals surface area (Å²) in [6.45, 7) is 7.32. The van der Waals surface area contributed by atoms with E-state index in [4.69, 9.17) is 10.8 Å². The molecule has 2 atom stereocenters. The van der Waals surface area contributed by atoms with Crippen LogP contribution >= 0.6 is 0 Å². The normalized spacial score (nSPS) is 13.6. The van der Waals surface area contributed by atoms with Gasteiger partial charge < -0.3 is 0 Å². The summed E-state index contributed by atoms with van der Waals surface area (Å²) in [7, 11) is 0. The van der Waals surface area contributed by atoms with E-state index >= 15 is 0 Å². The van der Waals surface area contributed by atoms with Crippen molar-refractivity contribution in [3.63, 3.8) is 0 Å². The van der Waals surface area contributed by atoms with Crippen LogP contribution in [0, 0.1) is 0 Å². The standard InChI is InChI=1S/2C6H5.2C3H7AsO3.Pb/c2*1-2-4-6-5-3-1;2*1-2-3-7-4(5)6;/h2*1-5H;2*2,4H,1,3H2,(H,5,6);/q;;;;+2/p-2. The van der Waals surface area contributed by atoms with Crippen LogP contribution in [0.1, 0.15) is 0 Å². The van der Waals surface area contributed by atoms with Crippen LogP contribution in [-0.4, -0.2) is 65.8 Å². The average molecular weight is 691 g/mol. The summed E-state index contributed by atoms with van der Waals surface area (Å²) in [5.41, 5.74) is 0. The van der Waals surface area contributed by atoms with Crippen LogP contribution in [0.15, 0.2) is 86.0 Å². The molecule has 0 saturated heterocycles. The van der Waals surface area contributed by atoms with Crippen molar-refractivity contribution in [2.24, 2.45) is 0 Å². The average Bonchev–Trinajstić information content (AvgIpc) is 2.71. The second kappa shape index (κ2) is 12.1. The molecule has 0 N–H and O–H groups in total. The van der Waals surface area contributed by atoms with Gasteiger partial charge in [0.15, 0.2) is 0 Å². The van der Waals surface area contributed by atoms with Crippen LogP contribution in [0.2, 0.25) is 0 Å². The minimum atomic E-state index is -4.71. The van der Waals surface area contributed by atoms with Gasteiger partial charge in [-0.2, -0.15) is 0 Å². The van der Waals surface area contributed by atoms with Gasteiger partial charge >= 0.3 is 176 Å². The van der Waals surface area contributed by atoms with Crippen molar-refractivity contribution in [1.29, 1.82) is 0 Å². The Hall–Kier alpha value is -0.601.